The van der Waals surface area contributed by atoms with Crippen molar-refractivity contribution < 1.29 is 9.53 Å². The average molecular weight is 339 g/mol. The number of rotatable bonds is 7. The van der Waals surface area contributed by atoms with Crippen molar-refractivity contribution in [2.45, 2.75) is 19.4 Å². The van der Waals surface area contributed by atoms with Crippen LogP contribution in [-0.2, 0) is 11.3 Å². The standard InChI is InChI=1S/C20H25N3O2/c1-25-19-10-4-16(5-11-19)14-22-20(24)15-21-17-6-8-18(9-7-17)23-12-2-3-13-23/h4-11,21H,2-3,12-15H2,1H3,(H,22,24). The van der Waals surface area contributed by atoms with E-state index in [4.69, 9.17) is 4.74 Å². The summed E-state index contributed by atoms with van der Waals surface area (Å²) in [6, 6.07) is 16.0. The molecule has 0 aliphatic carbocycles. The van der Waals surface area contributed by atoms with Gasteiger partial charge in [-0.2, -0.15) is 0 Å². The highest BCUT2D eigenvalue weighted by Crippen LogP contribution is 2.21. The predicted octanol–water partition coefficient (Wildman–Crippen LogP) is 3.02. The summed E-state index contributed by atoms with van der Waals surface area (Å²) < 4.78 is 5.12. The lowest BCUT2D eigenvalue weighted by Gasteiger charge is -2.18. The maximum Gasteiger partial charge on any atom is 0.239 e. The molecule has 3 rings (SSSR count). The number of nitrogens with one attached hydrogen (secondary N) is 2. The van der Waals surface area contributed by atoms with Gasteiger partial charge in [0.25, 0.3) is 0 Å². The molecule has 1 aliphatic heterocycles. The van der Waals surface area contributed by atoms with Gasteiger partial charge in [0, 0.05) is 31.0 Å². The van der Waals surface area contributed by atoms with Crippen molar-refractivity contribution in [3.8, 4) is 5.75 Å². The summed E-state index contributed by atoms with van der Waals surface area (Å²) in [6.07, 6.45) is 2.54. The summed E-state index contributed by atoms with van der Waals surface area (Å²) >= 11 is 0. The Hall–Kier alpha value is -2.69. The SMILES string of the molecule is COc1ccc(CNC(=O)CNc2ccc(N3CCCC3)cc2)cc1. The normalized spacial score (nSPS) is 13.6. The number of amides is 1. The van der Waals surface area contributed by atoms with Gasteiger partial charge in [-0.1, -0.05) is 12.1 Å². The Balaban J connectivity index is 1.42. The number of anilines is 2. The van der Waals surface area contributed by atoms with Crippen molar-refractivity contribution in [1.82, 2.24) is 5.32 Å². The highest BCUT2D eigenvalue weighted by Gasteiger charge is 2.11. The molecule has 0 bridgehead atoms. The Bertz CT molecular complexity index is 677. The number of methoxy groups -OCH3 is 1. The zero-order valence-corrected chi connectivity index (χ0v) is 14.6. The predicted molar refractivity (Wildman–Crippen MR) is 101 cm³/mol. The highest BCUT2D eigenvalue weighted by molar-refractivity contribution is 5.80. The van der Waals surface area contributed by atoms with Gasteiger partial charge in [-0.15, -0.1) is 0 Å². The Morgan fingerprint density at radius 1 is 1.04 bits per heavy atom. The molecule has 0 atom stereocenters. The second-order valence-corrected chi connectivity index (χ2v) is 6.22. The van der Waals surface area contributed by atoms with Crippen LogP contribution < -0.4 is 20.3 Å². The van der Waals surface area contributed by atoms with Crippen LogP contribution in [0.25, 0.3) is 0 Å². The Morgan fingerprint density at radius 2 is 1.72 bits per heavy atom. The number of nitrogens with zero attached hydrogens (tertiary/aromatic N) is 1. The van der Waals surface area contributed by atoms with E-state index in [0.29, 0.717) is 6.54 Å². The van der Waals surface area contributed by atoms with Crippen molar-refractivity contribution in [3.63, 3.8) is 0 Å². The van der Waals surface area contributed by atoms with Gasteiger partial charge in [0.2, 0.25) is 5.91 Å². The highest BCUT2D eigenvalue weighted by atomic mass is 16.5. The van der Waals surface area contributed by atoms with Crippen LogP contribution in [0.5, 0.6) is 5.75 Å². The summed E-state index contributed by atoms with van der Waals surface area (Å²) in [6.45, 7) is 3.05. The minimum absolute atomic E-state index is 0.0283. The first-order valence-corrected chi connectivity index (χ1v) is 8.73. The maximum absolute atomic E-state index is 12.0. The summed E-state index contributed by atoms with van der Waals surface area (Å²) in [7, 11) is 1.64. The molecule has 1 saturated heterocycles. The van der Waals surface area contributed by atoms with Crippen LogP contribution in [0.2, 0.25) is 0 Å². The maximum atomic E-state index is 12.0. The minimum Gasteiger partial charge on any atom is -0.497 e. The summed E-state index contributed by atoms with van der Waals surface area (Å²) in [5, 5.41) is 6.08. The van der Waals surface area contributed by atoms with Crippen molar-refractivity contribution in [2.24, 2.45) is 0 Å². The molecule has 0 radical (unpaired) electrons. The lowest BCUT2D eigenvalue weighted by Crippen LogP contribution is -2.29. The van der Waals surface area contributed by atoms with Gasteiger partial charge in [-0.3, -0.25) is 4.79 Å². The fourth-order valence-corrected chi connectivity index (χ4v) is 2.95. The first-order valence-electron chi connectivity index (χ1n) is 8.73. The third kappa shape index (κ3) is 4.89. The molecule has 1 fully saturated rings. The van der Waals surface area contributed by atoms with Gasteiger partial charge in [0.15, 0.2) is 0 Å². The largest absolute Gasteiger partial charge is 0.497 e. The van der Waals surface area contributed by atoms with Crippen LogP contribution in [0.15, 0.2) is 48.5 Å². The van der Waals surface area contributed by atoms with Crippen molar-refractivity contribution in [3.05, 3.63) is 54.1 Å². The summed E-state index contributed by atoms with van der Waals surface area (Å²) in [4.78, 5) is 14.4. The summed E-state index contributed by atoms with van der Waals surface area (Å²) in [5.74, 6) is 0.786. The Kier molecular flexibility index (Phi) is 5.77. The van der Waals surface area contributed by atoms with Crippen LogP contribution in [0.4, 0.5) is 11.4 Å². The van der Waals surface area contributed by atoms with Crippen molar-refractivity contribution in [2.75, 3.05) is 37.0 Å². The van der Waals surface area contributed by atoms with E-state index in [2.05, 4.69) is 27.7 Å². The molecular formula is C20H25N3O2. The molecule has 5 heteroatoms. The molecule has 1 heterocycles. The molecular weight excluding hydrogens is 314 g/mol. The first-order chi connectivity index (χ1) is 12.2. The molecule has 0 saturated carbocycles. The quantitative estimate of drug-likeness (QED) is 0.814. The fraction of sp³-hybridized carbons (Fsp3) is 0.350. The molecule has 0 unspecified atom stereocenters. The second kappa shape index (κ2) is 8.42. The molecule has 5 nitrogen and oxygen atoms in total. The van der Waals surface area contributed by atoms with E-state index in [1.54, 1.807) is 7.11 Å². The number of benzene rings is 2. The molecule has 132 valence electrons. The Morgan fingerprint density at radius 3 is 2.36 bits per heavy atom. The fourth-order valence-electron chi connectivity index (χ4n) is 2.95. The van der Waals surface area contributed by atoms with Gasteiger partial charge in [0.05, 0.1) is 13.7 Å². The van der Waals surface area contributed by atoms with E-state index in [9.17, 15) is 4.79 Å². The molecule has 1 aliphatic rings. The molecule has 2 N–H and O–H groups in total. The lowest BCUT2D eigenvalue weighted by molar-refractivity contribution is -0.119. The van der Waals surface area contributed by atoms with E-state index < -0.39 is 0 Å². The number of carbonyl (C=O) groups excluding carboxylic acids is 1. The zero-order chi connectivity index (χ0) is 17.5. The molecule has 2 aromatic carbocycles. The van der Waals surface area contributed by atoms with E-state index in [1.165, 1.54) is 18.5 Å². The van der Waals surface area contributed by atoms with Crippen LogP contribution >= 0.6 is 0 Å². The van der Waals surface area contributed by atoms with Gasteiger partial charge >= 0.3 is 0 Å². The topological polar surface area (TPSA) is 53.6 Å². The van der Waals surface area contributed by atoms with E-state index in [0.717, 1.165) is 30.1 Å². The van der Waals surface area contributed by atoms with Crippen LogP contribution in [-0.4, -0.2) is 32.7 Å². The van der Waals surface area contributed by atoms with Crippen LogP contribution in [0, 0.1) is 0 Å². The lowest BCUT2D eigenvalue weighted by atomic mass is 10.2. The van der Waals surface area contributed by atoms with Gasteiger partial charge in [-0.25, -0.2) is 0 Å². The monoisotopic (exact) mass is 339 g/mol. The molecule has 0 spiro atoms. The molecule has 1 amide bonds. The van der Waals surface area contributed by atoms with Gasteiger partial charge in [0.1, 0.15) is 5.75 Å². The van der Waals surface area contributed by atoms with Crippen LogP contribution in [0.3, 0.4) is 0 Å². The Labute approximate surface area is 149 Å². The number of ether oxygens (including phenoxy) is 1. The minimum atomic E-state index is -0.0283. The second-order valence-electron chi connectivity index (χ2n) is 6.22. The first kappa shape index (κ1) is 17.1. The smallest absolute Gasteiger partial charge is 0.239 e. The van der Waals surface area contributed by atoms with Crippen molar-refractivity contribution >= 4 is 17.3 Å². The number of hydrogen-bond acceptors (Lipinski definition) is 4. The van der Waals surface area contributed by atoms with Crippen molar-refractivity contribution in [1.29, 1.82) is 0 Å². The number of hydrogen-bond donors (Lipinski definition) is 2. The average Bonchev–Trinajstić information content (AvgIpc) is 3.20. The van der Waals surface area contributed by atoms with E-state index in [-0.39, 0.29) is 12.5 Å². The third-order valence-corrected chi connectivity index (χ3v) is 4.44. The zero-order valence-electron chi connectivity index (χ0n) is 14.6. The molecule has 25 heavy (non-hydrogen) atoms. The molecule has 2 aromatic rings. The van der Waals surface area contributed by atoms with E-state index in [1.807, 2.05) is 36.4 Å². The van der Waals surface area contributed by atoms with E-state index >= 15 is 0 Å². The molecule has 0 aromatic heterocycles. The number of carbonyl (C=O) groups is 1. The van der Waals surface area contributed by atoms with Crippen LogP contribution in [0.1, 0.15) is 18.4 Å². The summed E-state index contributed by atoms with van der Waals surface area (Å²) in [5.41, 5.74) is 3.26. The van der Waals surface area contributed by atoms with Gasteiger partial charge < -0.3 is 20.3 Å². The van der Waals surface area contributed by atoms with Gasteiger partial charge in [-0.05, 0) is 54.8 Å². The third-order valence-electron chi connectivity index (χ3n) is 4.44.